The van der Waals surface area contributed by atoms with Gasteiger partial charge in [0.25, 0.3) is 5.91 Å². The number of carbonyl (C=O) groups is 2. The number of nitrogens with zero attached hydrogens (tertiary/aromatic N) is 1. The van der Waals surface area contributed by atoms with Crippen molar-refractivity contribution in [1.82, 2.24) is 4.90 Å². The standard InChI is InChI=1S/C12H11BrFNO2/c1-7-4-11(16)15(6-7)12(17)8-2-3-9(13)10(14)5-8/h2-3,5,7H,4,6H2,1H3. The maximum Gasteiger partial charge on any atom is 0.260 e. The fraction of sp³-hybridized carbons (Fsp3) is 0.333. The van der Waals surface area contributed by atoms with Crippen LogP contribution in [0.1, 0.15) is 23.7 Å². The Bertz CT molecular complexity index is 489. The maximum absolute atomic E-state index is 13.3. The molecule has 1 aliphatic heterocycles. The molecule has 1 heterocycles. The van der Waals surface area contributed by atoms with Gasteiger partial charge in [-0.1, -0.05) is 6.92 Å². The van der Waals surface area contributed by atoms with E-state index in [4.69, 9.17) is 0 Å². The second-order valence-corrected chi connectivity index (χ2v) is 5.10. The molecular formula is C12H11BrFNO2. The minimum Gasteiger partial charge on any atom is -0.278 e. The summed E-state index contributed by atoms with van der Waals surface area (Å²) >= 11 is 3.02. The molecule has 90 valence electrons. The maximum atomic E-state index is 13.3. The number of halogens is 2. The number of hydrogen-bond donors (Lipinski definition) is 0. The average Bonchev–Trinajstić information content (AvgIpc) is 2.61. The summed E-state index contributed by atoms with van der Waals surface area (Å²) in [5.74, 6) is -0.945. The van der Waals surface area contributed by atoms with E-state index in [1.807, 2.05) is 6.92 Å². The molecule has 1 aliphatic rings. The van der Waals surface area contributed by atoms with Crippen LogP contribution in [0.25, 0.3) is 0 Å². The van der Waals surface area contributed by atoms with Gasteiger partial charge in [0.2, 0.25) is 5.91 Å². The van der Waals surface area contributed by atoms with E-state index in [1.165, 1.54) is 17.0 Å². The van der Waals surface area contributed by atoms with Crippen molar-refractivity contribution in [3.05, 3.63) is 34.1 Å². The van der Waals surface area contributed by atoms with Crippen LogP contribution < -0.4 is 0 Å². The Hall–Kier alpha value is -1.23. The molecule has 1 aromatic carbocycles. The molecule has 0 saturated carbocycles. The Balaban J connectivity index is 2.25. The summed E-state index contributed by atoms with van der Waals surface area (Å²) in [4.78, 5) is 24.7. The van der Waals surface area contributed by atoms with Crippen molar-refractivity contribution in [2.24, 2.45) is 5.92 Å². The van der Waals surface area contributed by atoms with Crippen LogP contribution in [0, 0.1) is 11.7 Å². The van der Waals surface area contributed by atoms with Gasteiger partial charge in [-0.05, 0) is 40.0 Å². The third-order valence-electron chi connectivity index (χ3n) is 2.73. The lowest BCUT2D eigenvalue weighted by molar-refractivity contribution is -0.125. The van der Waals surface area contributed by atoms with Gasteiger partial charge in [0.05, 0.1) is 4.47 Å². The van der Waals surface area contributed by atoms with Crippen molar-refractivity contribution in [3.63, 3.8) is 0 Å². The predicted molar refractivity (Wildman–Crippen MR) is 63.9 cm³/mol. The zero-order valence-corrected chi connectivity index (χ0v) is 10.8. The first kappa shape index (κ1) is 12.2. The molecule has 0 bridgehead atoms. The van der Waals surface area contributed by atoms with E-state index in [1.54, 1.807) is 0 Å². The van der Waals surface area contributed by atoms with Gasteiger partial charge in [-0.2, -0.15) is 0 Å². The summed E-state index contributed by atoms with van der Waals surface area (Å²) in [5.41, 5.74) is 0.202. The van der Waals surface area contributed by atoms with E-state index in [0.717, 1.165) is 6.07 Å². The van der Waals surface area contributed by atoms with Gasteiger partial charge >= 0.3 is 0 Å². The molecule has 1 fully saturated rings. The Morgan fingerprint density at radius 2 is 2.24 bits per heavy atom. The summed E-state index contributed by atoms with van der Waals surface area (Å²) in [6, 6.07) is 4.11. The predicted octanol–water partition coefficient (Wildman–Crippen LogP) is 2.60. The fourth-order valence-electron chi connectivity index (χ4n) is 1.87. The Morgan fingerprint density at radius 3 is 2.76 bits per heavy atom. The topological polar surface area (TPSA) is 37.4 Å². The molecular weight excluding hydrogens is 289 g/mol. The molecule has 3 nitrogen and oxygen atoms in total. The molecule has 0 aliphatic carbocycles. The van der Waals surface area contributed by atoms with Crippen LogP contribution in [-0.2, 0) is 4.79 Å². The number of imide groups is 1. The Labute approximate surface area is 107 Å². The van der Waals surface area contributed by atoms with Crippen LogP contribution in [0.2, 0.25) is 0 Å². The molecule has 0 radical (unpaired) electrons. The van der Waals surface area contributed by atoms with Crippen molar-refractivity contribution in [2.45, 2.75) is 13.3 Å². The van der Waals surface area contributed by atoms with Gasteiger partial charge in [0, 0.05) is 18.5 Å². The third kappa shape index (κ3) is 2.39. The van der Waals surface area contributed by atoms with E-state index >= 15 is 0 Å². The second kappa shape index (κ2) is 4.56. The first-order chi connectivity index (χ1) is 7.99. The number of hydrogen-bond acceptors (Lipinski definition) is 2. The first-order valence-electron chi connectivity index (χ1n) is 5.29. The van der Waals surface area contributed by atoms with E-state index in [2.05, 4.69) is 15.9 Å². The monoisotopic (exact) mass is 299 g/mol. The zero-order chi connectivity index (χ0) is 12.6. The number of likely N-dealkylation sites (tertiary alicyclic amines) is 1. The molecule has 17 heavy (non-hydrogen) atoms. The normalized spacial score (nSPS) is 19.8. The van der Waals surface area contributed by atoms with Gasteiger partial charge in [-0.3, -0.25) is 14.5 Å². The highest BCUT2D eigenvalue weighted by Gasteiger charge is 2.32. The highest BCUT2D eigenvalue weighted by molar-refractivity contribution is 9.10. The van der Waals surface area contributed by atoms with E-state index in [0.29, 0.717) is 17.4 Å². The van der Waals surface area contributed by atoms with Crippen molar-refractivity contribution >= 4 is 27.7 Å². The molecule has 0 aromatic heterocycles. The largest absolute Gasteiger partial charge is 0.278 e. The van der Waals surface area contributed by atoms with Gasteiger partial charge < -0.3 is 0 Å². The highest BCUT2D eigenvalue weighted by atomic mass is 79.9. The van der Waals surface area contributed by atoms with Crippen LogP contribution in [0.3, 0.4) is 0 Å². The van der Waals surface area contributed by atoms with Gasteiger partial charge in [0.1, 0.15) is 5.82 Å². The lowest BCUT2D eigenvalue weighted by Gasteiger charge is -2.14. The van der Waals surface area contributed by atoms with E-state index in [-0.39, 0.29) is 17.4 Å². The van der Waals surface area contributed by atoms with Crippen LogP contribution >= 0.6 is 15.9 Å². The molecule has 2 rings (SSSR count). The third-order valence-corrected chi connectivity index (χ3v) is 3.37. The first-order valence-corrected chi connectivity index (χ1v) is 6.08. The van der Waals surface area contributed by atoms with Gasteiger partial charge in [-0.15, -0.1) is 0 Å². The number of carbonyl (C=O) groups excluding carboxylic acids is 2. The summed E-state index contributed by atoms with van der Waals surface area (Å²) < 4.78 is 13.6. The van der Waals surface area contributed by atoms with Crippen LogP contribution in [0.15, 0.2) is 22.7 Å². The van der Waals surface area contributed by atoms with Crippen LogP contribution in [-0.4, -0.2) is 23.3 Å². The Morgan fingerprint density at radius 1 is 1.53 bits per heavy atom. The smallest absolute Gasteiger partial charge is 0.260 e. The zero-order valence-electron chi connectivity index (χ0n) is 9.24. The molecule has 2 amide bonds. The fourth-order valence-corrected chi connectivity index (χ4v) is 2.11. The molecule has 5 heteroatoms. The van der Waals surface area contributed by atoms with Crippen molar-refractivity contribution in [3.8, 4) is 0 Å². The van der Waals surface area contributed by atoms with E-state index < -0.39 is 11.7 Å². The number of amides is 2. The summed E-state index contributed by atoms with van der Waals surface area (Å²) in [6.07, 6.45) is 0.380. The minimum absolute atomic E-state index is 0.173. The second-order valence-electron chi connectivity index (χ2n) is 4.25. The molecule has 1 atom stereocenters. The van der Waals surface area contributed by atoms with Gasteiger partial charge in [-0.25, -0.2) is 4.39 Å². The Kier molecular flexibility index (Phi) is 3.28. The van der Waals surface area contributed by atoms with Crippen molar-refractivity contribution in [2.75, 3.05) is 6.54 Å². The minimum atomic E-state index is -0.504. The number of rotatable bonds is 1. The highest BCUT2D eigenvalue weighted by Crippen LogP contribution is 2.22. The molecule has 1 unspecified atom stereocenters. The summed E-state index contributed by atoms with van der Waals surface area (Å²) in [5, 5.41) is 0. The molecule has 1 aromatic rings. The van der Waals surface area contributed by atoms with E-state index in [9.17, 15) is 14.0 Å². The van der Waals surface area contributed by atoms with Crippen molar-refractivity contribution < 1.29 is 14.0 Å². The molecule has 1 saturated heterocycles. The summed E-state index contributed by atoms with van der Waals surface area (Å²) in [6.45, 7) is 2.32. The summed E-state index contributed by atoms with van der Waals surface area (Å²) in [7, 11) is 0. The lowest BCUT2D eigenvalue weighted by atomic mass is 10.1. The van der Waals surface area contributed by atoms with Crippen LogP contribution in [0.5, 0.6) is 0 Å². The number of benzene rings is 1. The molecule has 0 spiro atoms. The average molecular weight is 300 g/mol. The molecule has 0 N–H and O–H groups in total. The quantitative estimate of drug-likeness (QED) is 0.748. The lowest BCUT2D eigenvalue weighted by Crippen LogP contribution is -2.32. The van der Waals surface area contributed by atoms with Crippen molar-refractivity contribution in [1.29, 1.82) is 0 Å². The van der Waals surface area contributed by atoms with Crippen LogP contribution in [0.4, 0.5) is 4.39 Å². The SMILES string of the molecule is CC1CC(=O)N(C(=O)c2ccc(Br)c(F)c2)C1. The van der Waals surface area contributed by atoms with Gasteiger partial charge in [0.15, 0.2) is 0 Å².